The number of nitrogens with zero attached hydrogens (tertiary/aromatic N) is 2. The molecule has 0 spiro atoms. The van der Waals surface area contributed by atoms with E-state index >= 15 is 0 Å². The van der Waals surface area contributed by atoms with E-state index in [9.17, 15) is 14.0 Å². The summed E-state index contributed by atoms with van der Waals surface area (Å²) in [4.78, 5) is 24.6. The molecule has 0 aliphatic carbocycles. The number of halogens is 1. The molecule has 0 unspecified atom stereocenters. The molecule has 0 aliphatic heterocycles. The van der Waals surface area contributed by atoms with Crippen LogP contribution in [0.1, 0.15) is 18.9 Å². The number of carbonyl (C=O) groups is 2. The Kier molecular flexibility index (Phi) is 6.44. The molecule has 1 atom stereocenters. The molecule has 0 saturated carbocycles. The highest BCUT2D eigenvalue weighted by Gasteiger charge is 2.22. The Morgan fingerprint density at radius 3 is 2.46 bits per heavy atom. The number of benzene rings is 2. The smallest absolute Gasteiger partial charge is 0.249 e. The fourth-order valence-corrected chi connectivity index (χ4v) is 3.28. The van der Waals surface area contributed by atoms with E-state index < -0.39 is 6.04 Å². The van der Waals surface area contributed by atoms with Gasteiger partial charge in [-0.3, -0.25) is 14.9 Å². The van der Waals surface area contributed by atoms with Crippen LogP contribution in [-0.2, 0) is 16.0 Å². The number of hydrogen-bond acceptors (Lipinski definition) is 5. The molecule has 0 aliphatic rings. The lowest BCUT2D eigenvalue weighted by atomic mass is 10.1. The summed E-state index contributed by atoms with van der Waals surface area (Å²) in [5.41, 5.74) is 1.64. The summed E-state index contributed by atoms with van der Waals surface area (Å²) in [6.45, 7) is 1.73. The van der Waals surface area contributed by atoms with Gasteiger partial charge in [0, 0.05) is 18.4 Å². The van der Waals surface area contributed by atoms with Crippen LogP contribution in [0.5, 0.6) is 0 Å². The second-order valence-corrected chi connectivity index (χ2v) is 7.05. The highest BCUT2D eigenvalue weighted by atomic mass is 32.1. The zero-order chi connectivity index (χ0) is 19.9. The molecular formula is C20H19FN4O2S. The molecule has 6 nitrogen and oxygen atoms in total. The minimum absolute atomic E-state index is 0.208. The lowest BCUT2D eigenvalue weighted by Gasteiger charge is -2.17. The van der Waals surface area contributed by atoms with Crippen LogP contribution in [0.25, 0.3) is 10.6 Å². The zero-order valence-corrected chi connectivity index (χ0v) is 16.0. The van der Waals surface area contributed by atoms with Gasteiger partial charge < -0.3 is 5.32 Å². The summed E-state index contributed by atoms with van der Waals surface area (Å²) < 4.78 is 13.1. The molecule has 0 radical (unpaired) electrons. The molecule has 0 saturated heterocycles. The average molecular weight is 398 g/mol. The van der Waals surface area contributed by atoms with Crippen molar-refractivity contribution in [3.8, 4) is 10.6 Å². The van der Waals surface area contributed by atoms with Crippen molar-refractivity contribution in [2.75, 3.05) is 5.32 Å². The maximum Gasteiger partial charge on any atom is 0.249 e. The SMILES string of the molecule is CCC(=O)N[C@@H](Cc1ccccc1)C(=O)Nc1nnc(-c2ccc(F)cc2)s1. The fourth-order valence-electron chi connectivity index (χ4n) is 2.53. The van der Waals surface area contributed by atoms with Crippen LogP contribution >= 0.6 is 11.3 Å². The lowest BCUT2D eigenvalue weighted by Crippen LogP contribution is -2.45. The highest BCUT2D eigenvalue weighted by molar-refractivity contribution is 7.18. The third kappa shape index (κ3) is 5.20. The Bertz CT molecular complexity index is 944. The summed E-state index contributed by atoms with van der Waals surface area (Å²) in [7, 11) is 0. The second-order valence-electron chi connectivity index (χ2n) is 6.07. The van der Waals surface area contributed by atoms with Gasteiger partial charge in [-0.15, -0.1) is 10.2 Å². The Morgan fingerprint density at radius 2 is 1.79 bits per heavy atom. The summed E-state index contributed by atoms with van der Waals surface area (Å²) in [5, 5.41) is 14.3. The average Bonchev–Trinajstić information content (AvgIpc) is 3.17. The van der Waals surface area contributed by atoms with Crippen molar-refractivity contribution in [1.82, 2.24) is 15.5 Å². The first kappa shape index (κ1) is 19.6. The molecule has 2 amide bonds. The van der Waals surface area contributed by atoms with Gasteiger partial charge in [-0.25, -0.2) is 4.39 Å². The van der Waals surface area contributed by atoms with Crippen LogP contribution in [-0.4, -0.2) is 28.1 Å². The van der Waals surface area contributed by atoms with Gasteiger partial charge >= 0.3 is 0 Å². The van der Waals surface area contributed by atoms with Gasteiger partial charge in [-0.2, -0.15) is 0 Å². The summed E-state index contributed by atoms with van der Waals surface area (Å²) in [6, 6.07) is 14.6. The Labute approximate surface area is 165 Å². The van der Waals surface area contributed by atoms with Crippen LogP contribution in [0.15, 0.2) is 54.6 Å². The standard InChI is InChI=1S/C20H19FN4O2S/c1-2-17(26)22-16(12-13-6-4-3-5-7-13)18(27)23-20-25-24-19(28-20)14-8-10-15(21)11-9-14/h3-11,16H,2,12H2,1H3,(H,22,26)(H,23,25,27)/t16-/m0/s1. The zero-order valence-electron chi connectivity index (χ0n) is 15.2. The molecule has 144 valence electrons. The van der Waals surface area contributed by atoms with E-state index in [0.29, 0.717) is 22.1 Å². The van der Waals surface area contributed by atoms with Gasteiger partial charge in [0.05, 0.1) is 0 Å². The van der Waals surface area contributed by atoms with E-state index in [1.165, 1.54) is 23.5 Å². The van der Waals surface area contributed by atoms with E-state index in [4.69, 9.17) is 0 Å². The minimum atomic E-state index is -0.729. The molecule has 1 aromatic heterocycles. The lowest BCUT2D eigenvalue weighted by molar-refractivity contribution is -0.126. The molecule has 8 heteroatoms. The van der Waals surface area contributed by atoms with Gasteiger partial charge in [0.2, 0.25) is 16.9 Å². The van der Waals surface area contributed by atoms with Crippen LogP contribution < -0.4 is 10.6 Å². The van der Waals surface area contributed by atoms with Crippen molar-refractivity contribution in [2.45, 2.75) is 25.8 Å². The molecular weight excluding hydrogens is 379 g/mol. The van der Waals surface area contributed by atoms with Crippen molar-refractivity contribution in [2.24, 2.45) is 0 Å². The Balaban J connectivity index is 1.72. The van der Waals surface area contributed by atoms with Crippen molar-refractivity contribution < 1.29 is 14.0 Å². The molecule has 28 heavy (non-hydrogen) atoms. The number of nitrogens with one attached hydrogen (secondary N) is 2. The first-order valence-corrected chi connectivity index (χ1v) is 9.60. The number of carbonyl (C=O) groups excluding carboxylic acids is 2. The predicted molar refractivity (Wildman–Crippen MR) is 106 cm³/mol. The number of anilines is 1. The Morgan fingerprint density at radius 1 is 1.07 bits per heavy atom. The van der Waals surface area contributed by atoms with Gasteiger partial charge in [0.1, 0.15) is 16.9 Å². The maximum absolute atomic E-state index is 13.1. The molecule has 1 heterocycles. The maximum atomic E-state index is 13.1. The number of amides is 2. The first-order valence-electron chi connectivity index (χ1n) is 8.78. The van der Waals surface area contributed by atoms with Crippen molar-refractivity contribution >= 4 is 28.3 Å². The molecule has 2 N–H and O–H groups in total. The third-order valence-corrected chi connectivity index (χ3v) is 4.89. The van der Waals surface area contributed by atoms with E-state index in [-0.39, 0.29) is 24.1 Å². The molecule has 0 fully saturated rings. The van der Waals surface area contributed by atoms with Crippen molar-refractivity contribution in [1.29, 1.82) is 0 Å². The first-order chi connectivity index (χ1) is 13.5. The van der Waals surface area contributed by atoms with Crippen LogP contribution in [0.3, 0.4) is 0 Å². The van der Waals surface area contributed by atoms with Crippen LogP contribution in [0.4, 0.5) is 9.52 Å². The number of hydrogen-bond donors (Lipinski definition) is 2. The summed E-state index contributed by atoms with van der Waals surface area (Å²) in [5.74, 6) is -0.912. The van der Waals surface area contributed by atoms with E-state index in [1.807, 2.05) is 30.3 Å². The monoisotopic (exact) mass is 398 g/mol. The molecule has 2 aromatic carbocycles. The van der Waals surface area contributed by atoms with Crippen LogP contribution in [0.2, 0.25) is 0 Å². The Hall–Kier alpha value is -3.13. The number of aromatic nitrogens is 2. The van der Waals surface area contributed by atoms with Crippen molar-refractivity contribution in [3.63, 3.8) is 0 Å². The third-order valence-electron chi connectivity index (χ3n) is 4.00. The van der Waals surface area contributed by atoms with E-state index in [0.717, 1.165) is 5.56 Å². The fraction of sp³-hybridized carbons (Fsp3) is 0.200. The summed E-state index contributed by atoms with van der Waals surface area (Å²) >= 11 is 1.18. The van der Waals surface area contributed by atoms with Gasteiger partial charge in [-0.05, 0) is 29.8 Å². The highest BCUT2D eigenvalue weighted by Crippen LogP contribution is 2.26. The largest absolute Gasteiger partial charge is 0.344 e. The second kappa shape index (κ2) is 9.18. The molecule has 3 rings (SSSR count). The van der Waals surface area contributed by atoms with Gasteiger partial charge in [0.25, 0.3) is 0 Å². The number of rotatable bonds is 7. The topological polar surface area (TPSA) is 84.0 Å². The normalized spacial score (nSPS) is 11.6. The molecule has 3 aromatic rings. The van der Waals surface area contributed by atoms with Gasteiger partial charge in [-0.1, -0.05) is 48.6 Å². The van der Waals surface area contributed by atoms with E-state index in [1.54, 1.807) is 19.1 Å². The van der Waals surface area contributed by atoms with Gasteiger partial charge in [0.15, 0.2) is 0 Å². The minimum Gasteiger partial charge on any atom is -0.344 e. The predicted octanol–water partition coefficient (Wildman–Crippen LogP) is 3.42. The quantitative estimate of drug-likeness (QED) is 0.639. The van der Waals surface area contributed by atoms with E-state index in [2.05, 4.69) is 20.8 Å². The van der Waals surface area contributed by atoms with Crippen LogP contribution in [0, 0.1) is 5.82 Å². The summed E-state index contributed by atoms with van der Waals surface area (Å²) in [6.07, 6.45) is 0.647. The molecule has 0 bridgehead atoms. The van der Waals surface area contributed by atoms with Crippen molar-refractivity contribution in [3.05, 3.63) is 66.0 Å².